The third-order valence-electron chi connectivity index (χ3n) is 4.12. The third kappa shape index (κ3) is 2.86. The highest BCUT2D eigenvalue weighted by atomic mass is 16.5. The van der Waals surface area contributed by atoms with E-state index in [4.69, 9.17) is 4.74 Å². The number of aryl methyl sites for hydroxylation is 1. The van der Waals surface area contributed by atoms with Crippen LogP contribution in [0, 0.1) is 0 Å². The van der Waals surface area contributed by atoms with Crippen molar-refractivity contribution < 1.29 is 4.74 Å². The van der Waals surface area contributed by atoms with Crippen LogP contribution >= 0.6 is 0 Å². The summed E-state index contributed by atoms with van der Waals surface area (Å²) in [6.07, 6.45) is 3.53. The molecule has 0 bridgehead atoms. The Morgan fingerprint density at radius 1 is 1.05 bits per heavy atom. The minimum Gasteiger partial charge on any atom is -0.496 e. The number of hydrogen-bond acceptors (Lipinski definition) is 2. The molecule has 1 aliphatic carbocycles. The first-order valence-corrected chi connectivity index (χ1v) is 7.29. The Morgan fingerprint density at radius 3 is 2.65 bits per heavy atom. The van der Waals surface area contributed by atoms with Crippen LogP contribution in [0.1, 0.15) is 23.1 Å². The fourth-order valence-electron chi connectivity index (χ4n) is 2.98. The zero-order valence-corrected chi connectivity index (χ0v) is 11.9. The van der Waals surface area contributed by atoms with Crippen molar-refractivity contribution in [3.63, 3.8) is 0 Å². The van der Waals surface area contributed by atoms with Gasteiger partial charge in [-0.1, -0.05) is 42.5 Å². The Morgan fingerprint density at radius 2 is 1.80 bits per heavy atom. The molecule has 0 saturated heterocycles. The smallest absolute Gasteiger partial charge is 0.123 e. The standard InChI is InChI=1S/C18H21NO/c1-20-18-9-5-4-8-16(18)13-19-17-11-10-14-6-2-3-7-15(14)12-17/h2-9,17,19H,10-13H2,1H3. The second kappa shape index (κ2) is 6.10. The van der Waals surface area contributed by atoms with E-state index in [0.717, 1.165) is 18.7 Å². The van der Waals surface area contributed by atoms with Gasteiger partial charge in [-0.3, -0.25) is 0 Å². The molecule has 104 valence electrons. The number of benzene rings is 2. The largest absolute Gasteiger partial charge is 0.496 e. The van der Waals surface area contributed by atoms with Gasteiger partial charge in [-0.15, -0.1) is 0 Å². The summed E-state index contributed by atoms with van der Waals surface area (Å²) in [6.45, 7) is 0.872. The Hall–Kier alpha value is -1.80. The molecule has 3 rings (SSSR count). The first-order valence-electron chi connectivity index (χ1n) is 7.29. The van der Waals surface area contributed by atoms with Crippen LogP contribution in [0.2, 0.25) is 0 Å². The number of ether oxygens (including phenoxy) is 1. The van der Waals surface area contributed by atoms with Crippen LogP contribution in [0.25, 0.3) is 0 Å². The Balaban J connectivity index is 1.63. The van der Waals surface area contributed by atoms with Crippen LogP contribution in [-0.4, -0.2) is 13.2 Å². The maximum atomic E-state index is 5.40. The zero-order chi connectivity index (χ0) is 13.8. The predicted molar refractivity (Wildman–Crippen MR) is 82.1 cm³/mol. The lowest BCUT2D eigenvalue weighted by atomic mass is 9.88. The van der Waals surface area contributed by atoms with Gasteiger partial charge in [0.15, 0.2) is 0 Å². The quantitative estimate of drug-likeness (QED) is 0.917. The van der Waals surface area contributed by atoms with Crippen LogP contribution in [0.15, 0.2) is 48.5 Å². The number of para-hydroxylation sites is 1. The Bertz CT molecular complexity index is 579. The second-order valence-electron chi connectivity index (χ2n) is 5.40. The lowest BCUT2D eigenvalue weighted by molar-refractivity contribution is 0.401. The molecule has 0 amide bonds. The summed E-state index contributed by atoms with van der Waals surface area (Å²) < 4.78 is 5.40. The molecule has 1 unspecified atom stereocenters. The summed E-state index contributed by atoms with van der Waals surface area (Å²) in [5.74, 6) is 0.969. The van der Waals surface area contributed by atoms with Gasteiger partial charge in [-0.2, -0.15) is 0 Å². The van der Waals surface area contributed by atoms with Gasteiger partial charge in [0, 0.05) is 18.2 Å². The van der Waals surface area contributed by atoms with Gasteiger partial charge >= 0.3 is 0 Å². The molecular weight excluding hydrogens is 246 g/mol. The first kappa shape index (κ1) is 13.2. The van der Waals surface area contributed by atoms with Crippen LogP contribution < -0.4 is 10.1 Å². The van der Waals surface area contributed by atoms with E-state index in [-0.39, 0.29) is 0 Å². The van der Waals surface area contributed by atoms with Crippen molar-refractivity contribution in [3.05, 3.63) is 65.2 Å². The summed E-state index contributed by atoms with van der Waals surface area (Å²) in [4.78, 5) is 0. The van der Waals surface area contributed by atoms with Crippen molar-refractivity contribution in [2.45, 2.75) is 31.8 Å². The van der Waals surface area contributed by atoms with Gasteiger partial charge in [0.1, 0.15) is 5.75 Å². The van der Waals surface area contributed by atoms with E-state index in [1.165, 1.54) is 29.5 Å². The number of methoxy groups -OCH3 is 1. The van der Waals surface area contributed by atoms with Crippen molar-refractivity contribution >= 4 is 0 Å². The Labute approximate surface area is 120 Å². The molecule has 2 aromatic carbocycles. The molecule has 1 aliphatic rings. The van der Waals surface area contributed by atoms with Gasteiger partial charge in [0.2, 0.25) is 0 Å². The molecule has 0 heterocycles. The van der Waals surface area contributed by atoms with E-state index in [1.54, 1.807) is 7.11 Å². The average Bonchev–Trinajstić information content (AvgIpc) is 2.53. The van der Waals surface area contributed by atoms with Gasteiger partial charge in [-0.25, -0.2) is 0 Å². The first-order chi connectivity index (χ1) is 9.86. The maximum Gasteiger partial charge on any atom is 0.123 e. The van der Waals surface area contributed by atoms with Crippen LogP contribution in [-0.2, 0) is 19.4 Å². The lowest BCUT2D eigenvalue weighted by Gasteiger charge is -2.26. The topological polar surface area (TPSA) is 21.3 Å². The maximum absolute atomic E-state index is 5.40. The Kier molecular flexibility index (Phi) is 4.03. The highest BCUT2D eigenvalue weighted by Crippen LogP contribution is 2.22. The molecule has 20 heavy (non-hydrogen) atoms. The summed E-state index contributed by atoms with van der Waals surface area (Å²) >= 11 is 0. The number of rotatable bonds is 4. The van der Waals surface area contributed by atoms with Crippen molar-refractivity contribution in [2.24, 2.45) is 0 Å². The molecule has 2 aromatic rings. The van der Waals surface area contributed by atoms with Crippen molar-refractivity contribution in [1.29, 1.82) is 0 Å². The highest BCUT2D eigenvalue weighted by Gasteiger charge is 2.17. The molecule has 1 N–H and O–H groups in total. The SMILES string of the molecule is COc1ccccc1CNC1CCc2ccccc2C1. The second-order valence-corrected chi connectivity index (χ2v) is 5.40. The molecule has 0 radical (unpaired) electrons. The molecule has 2 nitrogen and oxygen atoms in total. The van der Waals surface area contributed by atoms with Crippen molar-refractivity contribution in [2.75, 3.05) is 7.11 Å². The van der Waals surface area contributed by atoms with E-state index in [1.807, 2.05) is 12.1 Å². The molecule has 0 aromatic heterocycles. The normalized spacial score (nSPS) is 17.6. The number of nitrogens with one attached hydrogen (secondary N) is 1. The number of fused-ring (bicyclic) bond motifs is 1. The predicted octanol–water partition coefficient (Wildman–Crippen LogP) is 3.34. The van der Waals surface area contributed by atoms with Gasteiger partial charge < -0.3 is 10.1 Å². The average molecular weight is 267 g/mol. The van der Waals surface area contributed by atoms with Crippen molar-refractivity contribution in [3.8, 4) is 5.75 Å². The minimum absolute atomic E-state index is 0.565. The summed E-state index contributed by atoms with van der Waals surface area (Å²) in [5.41, 5.74) is 4.24. The summed E-state index contributed by atoms with van der Waals surface area (Å²) in [5, 5.41) is 3.67. The summed E-state index contributed by atoms with van der Waals surface area (Å²) in [6, 6.07) is 17.6. The van der Waals surface area contributed by atoms with Gasteiger partial charge in [0.05, 0.1) is 7.11 Å². The molecule has 0 saturated carbocycles. The van der Waals surface area contributed by atoms with Crippen LogP contribution in [0.5, 0.6) is 5.75 Å². The monoisotopic (exact) mass is 267 g/mol. The fraction of sp³-hybridized carbons (Fsp3) is 0.333. The fourth-order valence-corrected chi connectivity index (χ4v) is 2.98. The van der Waals surface area contributed by atoms with Gasteiger partial charge in [0.25, 0.3) is 0 Å². The van der Waals surface area contributed by atoms with Crippen LogP contribution in [0.4, 0.5) is 0 Å². The van der Waals surface area contributed by atoms with Crippen molar-refractivity contribution in [1.82, 2.24) is 5.32 Å². The zero-order valence-electron chi connectivity index (χ0n) is 11.9. The molecule has 0 aliphatic heterocycles. The summed E-state index contributed by atoms with van der Waals surface area (Å²) in [7, 11) is 1.73. The van der Waals surface area contributed by atoms with Gasteiger partial charge in [-0.05, 0) is 36.5 Å². The molecule has 1 atom stereocenters. The molecular formula is C18H21NO. The molecule has 0 fully saturated rings. The highest BCUT2D eigenvalue weighted by molar-refractivity contribution is 5.33. The number of hydrogen-bond donors (Lipinski definition) is 1. The molecule has 0 spiro atoms. The van der Waals surface area contributed by atoms with E-state index < -0.39 is 0 Å². The van der Waals surface area contributed by atoms with Crippen LogP contribution in [0.3, 0.4) is 0 Å². The van der Waals surface area contributed by atoms with E-state index >= 15 is 0 Å². The minimum atomic E-state index is 0.565. The van der Waals surface area contributed by atoms with E-state index in [9.17, 15) is 0 Å². The molecule has 2 heteroatoms. The van der Waals surface area contributed by atoms with E-state index in [0.29, 0.717) is 6.04 Å². The van der Waals surface area contributed by atoms with E-state index in [2.05, 4.69) is 41.7 Å². The lowest BCUT2D eigenvalue weighted by Crippen LogP contribution is -2.34. The third-order valence-corrected chi connectivity index (χ3v) is 4.12.